The van der Waals surface area contributed by atoms with Crippen LogP contribution in [0.2, 0.25) is 0 Å². The second-order valence-corrected chi connectivity index (χ2v) is 6.86. The molecule has 0 heterocycles. The van der Waals surface area contributed by atoms with Gasteiger partial charge in [0, 0.05) is 13.6 Å². The summed E-state index contributed by atoms with van der Waals surface area (Å²) in [6.45, 7) is 4.47. The highest BCUT2D eigenvalue weighted by molar-refractivity contribution is 7.89. The van der Waals surface area contributed by atoms with Gasteiger partial charge >= 0.3 is 0 Å². The standard InChI is InChI=1S/C13H21NO3S/c1-11(2)7-8-14(3)18(16,17)13-6-4-5-12(9-13)10-15/h4-6,9,11,15H,7-8,10H2,1-3H3. The van der Waals surface area contributed by atoms with Gasteiger partial charge in [-0.2, -0.15) is 0 Å². The average molecular weight is 271 g/mol. The Morgan fingerprint density at radius 2 is 2.00 bits per heavy atom. The van der Waals surface area contributed by atoms with Crippen molar-refractivity contribution in [3.05, 3.63) is 29.8 Å². The molecule has 0 aliphatic heterocycles. The van der Waals surface area contributed by atoms with Crippen molar-refractivity contribution < 1.29 is 13.5 Å². The molecule has 0 atom stereocenters. The number of aliphatic hydroxyl groups is 1. The molecule has 0 unspecified atom stereocenters. The maximum atomic E-state index is 12.3. The van der Waals surface area contributed by atoms with Crippen molar-refractivity contribution in [3.63, 3.8) is 0 Å². The SMILES string of the molecule is CC(C)CCN(C)S(=O)(=O)c1cccc(CO)c1. The normalized spacial score (nSPS) is 12.3. The van der Waals surface area contributed by atoms with E-state index in [9.17, 15) is 8.42 Å². The van der Waals surface area contributed by atoms with E-state index in [1.807, 2.05) is 0 Å². The molecule has 4 nitrogen and oxygen atoms in total. The van der Waals surface area contributed by atoms with Gasteiger partial charge in [-0.1, -0.05) is 26.0 Å². The summed E-state index contributed by atoms with van der Waals surface area (Å²) in [6.07, 6.45) is 0.829. The molecule has 0 amide bonds. The Kier molecular flexibility index (Phi) is 5.31. The Hall–Kier alpha value is -0.910. The van der Waals surface area contributed by atoms with E-state index in [4.69, 9.17) is 5.11 Å². The van der Waals surface area contributed by atoms with Crippen molar-refractivity contribution in [1.82, 2.24) is 4.31 Å². The average Bonchev–Trinajstić information content (AvgIpc) is 2.35. The molecular weight excluding hydrogens is 250 g/mol. The third-order valence-electron chi connectivity index (χ3n) is 2.81. The van der Waals surface area contributed by atoms with Crippen LogP contribution in [0.1, 0.15) is 25.8 Å². The van der Waals surface area contributed by atoms with Crippen LogP contribution in [0, 0.1) is 5.92 Å². The fraction of sp³-hybridized carbons (Fsp3) is 0.538. The van der Waals surface area contributed by atoms with Crippen LogP contribution in [0.5, 0.6) is 0 Å². The van der Waals surface area contributed by atoms with Gasteiger partial charge in [0.1, 0.15) is 0 Å². The third kappa shape index (κ3) is 3.80. The minimum absolute atomic E-state index is 0.154. The molecule has 1 N–H and O–H groups in total. The summed E-state index contributed by atoms with van der Waals surface area (Å²) >= 11 is 0. The smallest absolute Gasteiger partial charge is 0.242 e. The van der Waals surface area contributed by atoms with Crippen molar-refractivity contribution in [2.75, 3.05) is 13.6 Å². The predicted molar refractivity (Wildman–Crippen MR) is 71.6 cm³/mol. The van der Waals surface area contributed by atoms with E-state index < -0.39 is 10.0 Å². The fourth-order valence-electron chi connectivity index (χ4n) is 1.54. The first-order valence-corrected chi connectivity index (χ1v) is 7.48. The van der Waals surface area contributed by atoms with Crippen LogP contribution >= 0.6 is 0 Å². The van der Waals surface area contributed by atoms with Gasteiger partial charge in [0.2, 0.25) is 10.0 Å². The van der Waals surface area contributed by atoms with Crippen LogP contribution in [-0.4, -0.2) is 31.4 Å². The minimum atomic E-state index is -3.45. The third-order valence-corrected chi connectivity index (χ3v) is 4.66. The molecule has 18 heavy (non-hydrogen) atoms. The molecular formula is C13H21NO3S. The molecule has 0 radical (unpaired) electrons. The van der Waals surface area contributed by atoms with E-state index in [1.165, 1.54) is 10.4 Å². The molecule has 5 heteroatoms. The van der Waals surface area contributed by atoms with Gasteiger partial charge in [-0.05, 0) is 30.0 Å². The molecule has 0 saturated carbocycles. The Morgan fingerprint density at radius 3 is 2.56 bits per heavy atom. The number of hydrogen-bond acceptors (Lipinski definition) is 3. The molecule has 102 valence electrons. The van der Waals surface area contributed by atoms with Gasteiger partial charge < -0.3 is 5.11 Å². The van der Waals surface area contributed by atoms with Gasteiger partial charge in [-0.15, -0.1) is 0 Å². The van der Waals surface area contributed by atoms with Crippen LogP contribution in [-0.2, 0) is 16.6 Å². The summed E-state index contributed by atoms with van der Waals surface area (Å²) in [5.74, 6) is 0.464. The maximum absolute atomic E-state index is 12.3. The first kappa shape index (κ1) is 15.1. The first-order chi connectivity index (χ1) is 8.37. The second-order valence-electron chi connectivity index (χ2n) is 4.81. The van der Waals surface area contributed by atoms with E-state index in [1.54, 1.807) is 25.2 Å². The zero-order valence-electron chi connectivity index (χ0n) is 11.1. The number of aliphatic hydroxyl groups excluding tert-OH is 1. The lowest BCUT2D eigenvalue weighted by Crippen LogP contribution is -2.28. The number of sulfonamides is 1. The molecule has 1 rings (SSSR count). The Bertz CT molecular complexity index is 483. The van der Waals surface area contributed by atoms with Gasteiger partial charge in [-0.25, -0.2) is 12.7 Å². The van der Waals surface area contributed by atoms with Gasteiger partial charge in [0.15, 0.2) is 0 Å². The van der Waals surface area contributed by atoms with Crippen LogP contribution in [0.25, 0.3) is 0 Å². The lowest BCUT2D eigenvalue weighted by Gasteiger charge is -2.18. The first-order valence-electron chi connectivity index (χ1n) is 6.04. The minimum Gasteiger partial charge on any atom is -0.392 e. The number of benzene rings is 1. The van der Waals surface area contributed by atoms with Crippen LogP contribution < -0.4 is 0 Å². The predicted octanol–water partition coefficient (Wildman–Crippen LogP) is 1.85. The van der Waals surface area contributed by atoms with Gasteiger partial charge in [-0.3, -0.25) is 0 Å². The summed E-state index contributed by atoms with van der Waals surface area (Å²) in [5, 5.41) is 9.03. The molecule has 0 saturated heterocycles. The van der Waals surface area contributed by atoms with E-state index in [0.717, 1.165) is 6.42 Å². The number of rotatable bonds is 6. The summed E-state index contributed by atoms with van der Waals surface area (Å²) in [5.41, 5.74) is 0.605. The summed E-state index contributed by atoms with van der Waals surface area (Å²) in [6, 6.07) is 6.42. The van der Waals surface area contributed by atoms with Crippen LogP contribution in [0.15, 0.2) is 29.2 Å². The van der Waals surface area contributed by atoms with E-state index in [2.05, 4.69) is 13.8 Å². The Labute approximate surface area is 109 Å². The maximum Gasteiger partial charge on any atom is 0.242 e. The molecule has 0 aromatic heterocycles. The van der Waals surface area contributed by atoms with E-state index in [0.29, 0.717) is 18.0 Å². The highest BCUT2D eigenvalue weighted by Crippen LogP contribution is 2.17. The molecule has 0 aliphatic rings. The zero-order valence-corrected chi connectivity index (χ0v) is 11.9. The number of hydrogen-bond donors (Lipinski definition) is 1. The van der Waals surface area contributed by atoms with Crippen LogP contribution in [0.3, 0.4) is 0 Å². The quantitative estimate of drug-likeness (QED) is 0.859. The van der Waals surface area contributed by atoms with E-state index in [-0.39, 0.29) is 11.5 Å². The number of nitrogens with zero attached hydrogens (tertiary/aromatic N) is 1. The van der Waals surface area contributed by atoms with Crippen molar-refractivity contribution in [1.29, 1.82) is 0 Å². The van der Waals surface area contributed by atoms with Crippen LogP contribution in [0.4, 0.5) is 0 Å². The monoisotopic (exact) mass is 271 g/mol. The largest absolute Gasteiger partial charge is 0.392 e. The molecule has 0 bridgehead atoms. The van der Waals surface area contributed by atoms with Gasteiger partial charge in [0.05, 0.1) is 11.5 Å². The lowest BCUT2D eigenvalue weighted by molar-refractivity contribution is 0.281. The van der Waals surface area contributed by atoms with Crippen molar-refractivity contribution in [2.24, 2.45) is 5.92 Å². The lowest BCUT2D eigenvalue weighted by atomic mass is 10.1. The molecule has 1 aromatic carbocycles. The van der Waals surface area contributed by atoms with E-state index >= 15 is 0 Å². The summed E-state index contributed by atoms with van der Waals surface area (Å²) < 4.78 is 25.9. The molecule has 1 aromatic rings. The van der Waals surface area contributed by atoms with Gasteiger partial charge in [0.25, 0.3) is 0 Å². The zero-order chi connectivity index (χ0) is 13.8. The highest BCUT2D eigenvalue weighted by atomic mass is 32.2. The Morgan fingerprint density at radius 1 is 1.33 bits per heavy atom. The topological polar surface area (TPSA) is 57.6 Å². The second kappa shape index (κ2) is 6.31. The van der Waals surface area contributed by atoms with Crippen molar-refractivity contribution in [2.45, 2.75) is 31.8 Å². The molecule has 0 spiro atoms. The Balaban J connectivity index is 2.91. The van der Waals surface area contributed by atoms with Crippen molar-refractivity contribution >= 4 is 10.0 Å². The highest BCUT2D eigenvalue weighted by Gasteiger charge is 2.20. The summed E-state index contributed by atoms with van der Waals surface area (Å²) in [4.78, 5) is 0.236. The molecule has 0 fully saturated rings. The summed E-state index contributed by atoms with van der Waals surface area (Å²) in [7, 11) is -1.86. The fourth-order valence-corrected chi connectivity index (χ4v) is 2.80. The molecule has 0 aliphatic carbocycles. The van der Waals surface area contributed by atoms with Crippen molar-refractivity contribution in [3.8, 4) is 0 Å².